The zero-order chi connectivity index (χ0) is 31.7. The summed E-state index contributed by atoms with van der Waals surface area (Å²) in [4.78, 5) is 40.4. The molecule has 1 saturated heterocycles. The third-order valence-electron chi connectivity index (χ3n) is 7.64. The monoisotopic (exact) mass is 609 g/mol. The second-order valence-corrected chi connectivity index (χ2v) is 12.1. The Morgan fingerprint density at radius 3 is 2.58 bits per heavy atom. The van der Waals surface area contributed by atoms with Crippen molar-refractivity contribution in [2.45, 2.75) is 45.8 Å². The predicted molar refractivity (Wildman–Crippen MR) is 164 cm³/mol. The topological polar surface area (TPSA) is 128 Å². The molecule has 45 heavy (non-hydrogen) atoms. The van der Waals surface area contributed by atoms with Crippen molar-refractivity contribution in [2.75, 3.05) is 19.7 Å². The van der Waals surface area contributed by atoms with Crippen LogP contribution in [0.5, 0.6) is 5.75 Å². The van der Waals surface area contributed by atoms with Crippen LogP contribution in [0.4, 0.5) is 9.18 Å². The van der Waals surface area contributed by atoms with Gasteiger partial charge in [-0.1, -0.05) is 18.2 Å². The molecule has 0 N–H and O–H groups in total. The van der Waals surface area contributed by atoms with Crippen LogP contribution in [-0.2, 0) is 11.3 Å². The van der Waals surface area contributed by atoms with Crippen LogP contribution in [0.25, 0.3) is 28.2 Å². The predicted octanol–water partition coefficient (Wildman–Crippen LogP) is 5.19. The fourth-order valence-corrected chi connectivity index (χ4v) is 5.35. The van der Waals surface area contributed by atoms with Crippen LogP contribution in [0.2, 0.25) is 0 Å². The molecule has 230 valence electrons. The van der Waals surface area contributed by atoms with E-state index in [1.807, 2.05) is 45.0 Å². The lowest BCUT2D eigenvalue weighted by atomic mass is 9.98. The number of hydrogen-bond acceptors (Lipinski definition) is 8. The summed E-state index contributed by atoms with van der Waals surface area (Å²) in [5.41, 5.74) is 1.63. The van der Waals surface area contributed by atoms with Crippen LogP contribution in [0.3, 0.4) is 0 Å². The van der Waals surface area contributed by atoms with Gasteiger partial charge in [-0.25, -0.2) is 19.7 Å². The summed E-state index contributed by atoms with van der Waals surface area (Å²) in [6.07, 6.45) is 5.71. The van der Waals surface area contributed by atoms with Gasteiger partial charge in [0.15, 0.2) is 11.6 Å². The molecule has 0 unspecified atom stereocenters. The highest BCUT2D eigenvalue weighted by atomic mass is 19.1. The molecule has 6 rings (SSSR count). The Morgan fingerprint density at radius 2 is 1.87 bits per heavy atom. The van der Waals surface area contributed by atoms with E-state index in [2.05, 4.69) is 21.0 Å². The van der Waals surface area contributed by atoms with Gasteiger partial charge in [0.25, 0.3) is 5.56 Å². The van der Waals surface area contributed by atoms with Gasteiger partial charge >= 0.3 is 6.09 Å². The molecule has 1 fully saturated rings. The Morgan fingerprint density at radius 1 is 1.11 bits per heavy atom. The first-order valence-electron chi connectivity index (χ1n) is 14.7. The van der Waals surface area contributed by atoms with Crippen molar-refractivity contribution in [2.24, 2.45) is 5.92 Å². The molecule has 12 heteroatoms. The van der Waals surface area contributed by atoms with Gasteiger partial charge in [0.2, 0.25) is 11.6 Å². The van der Waals surface area contributed by atoms with Gasteiger partial charge in [-0.2, -0.15) is 9.65 Å². The lowest BCUT2D eigenvalue weighted by Crippen LogP contribution is -2.42. The highest BCUT2D eigenvalue weighted by molar-refractivity contribution is 5.81. The summed E-state index contributed by atoms with van der Waals surface area (Å²) >= 11 is 0. The van der Waals surface area contributed by atoms with Crippen molar-refractivity contribution in [1.29, 1.82) is 5.26 Å². The quantitative estimate of drug-likeness (QED) is 0.257. The number of imidazole rings is 1. The van der Waals surface area contributed by atoms with Crippen LogP contribution < -0.4 is 10.3 Å². The van der Waals surface area contributed by atoms with Crippen molar-refractivity contribution < 1.29 is 18.7 Å². The van der Waals surface area contributed by atoms with Crippen LogP contribution in [-0.4, -0.2) is 60.2 Å². The standard InChI is InChI=1S/C33H32FN7O4/c1-33(2,3)45-32(43)39-11-9-21(10-12-39)20-44-25-16-36-29(37-17-25)24-6-4-5-23(13-24)18-41-30(42)26(34)19-40-28-14-22(15-35)7-8-27(28)38-31(40)41/h4-8,13-14,16-17,19,21H,9-12,18,20H2,1-3H3. The molecule has 1 amide bonds. The van der Waals surface area contributed by atoms with E-state index in [4.69, 9.17) is 9.47 Å². The molecule has 0 saturated carbocycles. The number of rotatable bonds is 6. The maximum absolute atomic E-state index is 14.8. The fraction of sp³-hybridized carbons (Fsp3) is 0.333. The molecular weight excluding hydrogens is 577 g/mol. The van der Waals surface area contributed by atoms with Crippen molar-refractivity contribution in [3.63, 3.8) is 0 Å². The number of benzene rings is 2. The summed E-state index contributed by atoms with van der Waals surface area (Å²) in [6, 6.07) is 14.4. The van der Waals surface area contributed by atoms with Gasteiger partial charge in [-0.05, 0) is 69.4 Å². The molecule has 0 spiro atoms. The normalized spacial score (nSPS) is 14.1. The first kappa shape index (κ1) is 29.7. The minimum atomic E-state index is -0.923. The number of hydrogen-bond donors (Lipinski definition) is 0. The van der Waals surface area contributed by atoms with E-state index < -0.39 is 17.0 Å². The third kappa shape index (κ3) is 6.47. The Balaban J connectivity index is 1.12. The molecule has 1 aliphatic rings. The zero-order valence-corrected chi connectivity index (χ0v) is 25.2. The van der Waals surface area contributed by atoms with Crippen molar-refractivity contribution in [3.05, 3.63) is 88.4 Å². The Labute approximate surface area is 258 Å². The summed E-state index contributed by atoms with van der Waals surface area (Å²) in [6.45, 7) is 7.40. The van der Waals surface area contributed by atoms with Gasteiger partial charge < -0.3 is 14.4 Å². The Bertz CT molecular complexity index is 1980. The zero-order valence-electron chi connectivity index (χ0n) is 25.2. The number of amides is 1. The number of ether oxygens (including phenoxy) is 2. The Kier molecular flexibility index (Phi) is 7.93. The summed E-state index contributed by atoms with van der Waals surface area (Å²) in [5, 5.41) is 9.28. The van der Waals surface area contributed by atoms with E-state index in [9.17, 15) is 19.2 Å². The maximum Gasteiger partial charge on any atom is 0.410 e. The molecule has 11 nitrogen and oxygen atoms in total. The SMILES string of the molecule is CC(C)(C)OC(=O)N1CCC(COc2cnc(-c3cccc(Cn4c(=O)c(F)cn5c6cc(C#N)ccc6nc45)c3)nc2)CC1. The largest absolute Gasteiger partial charge is 0.490 e. The second kappa shape index (κ2) is 12.0. The summed E-state index contributed by atoms with van der Waals surface area (Å²) in [7, 11) is 0. The third-order valence-corrected chi connectivity index (χ3v) is 7.64. The molecule has 0 radical (unpaired) electrons. The molecular formula is C33H32FN7O4. The fourth-order valence-electron chi connectivity index (χ4n) is 5.35. The first-order valence-corrected chi connectivity index (χ1v) is 14.7. The number of aromatic nitrogens is 5. The maximum atomic E-state index is 14.8. The van der Waals surface area contributed by atoms with Gasteiger partial charge in [-0.15, -0.1) is 0 Å². The minimum absolute atomic E-state index is 0.0658. The highest BCUT2D eigenvalue weighted by Crippen LogP contribution is 2.23. The van der Waals surface area contributed by atoms with Crippen LogP contribution in [0.15, 0.2) is 65.8 Å². The number of piperidine rings is 1. The number of carbonyl (C=O) groups excluding carboxylic acids is 1. The number of likely N-dealkylation sites (tertiary alicyclic amines) is 1. The van der Waals surface area contributed by atoms with Crippen LogP contribution >= 0.6 is 0 Å². The molecule has 0 aliphatic carbocycles. The van der Waals surface area contributed by atoms with E-state index in [-0.39, 0.29) is 18.4 Å². The van der Waals surface area contributed by atoms with E-state index in [1.165, 1.54) is 8.97 Å². The molecule has 0 atom stereocenters. The van der Waals surface area contributed by atoms with E-state index in [1.54, 1.807) is 35.5 Å². The minimum Gasteiger partial charge on any atom is -0.490 e. The molecule has 2 aromatic carbocycles. The average molecular weight is 610 g/mol. The number of fused-ring (bicyclic) bond motifs is 3. The number of nitrogens with zero attached hydrogens (tertiary/aromatic N) is 7. The molecule has 4 heterocycles. The lowest BCUT2D eigenvalue weighted by Gasteiger charge is -2.33. The molecule has 3 aromatic heterocycles. The number of nitriles is 1. The van der Waals surface area contributed by atoms with Crippen molar-refractivity contribution >= 4 is 22.9 Å². The smallest absolute Gasteiger partial charge is 0.410 e. The Hall–Kier alpha value is -5.31. The summed E-state index contributed by atoms with van der Waals surface area (Å²) < 4.78 is 29.0. The van der Waals surface area contributed by atoms with Crippen LogP contribution in [0.1, 0.15) is 44.7 Å². The number of carbonyl (C=O) groups is 1. The lowest BCUT2D eigenvalue weighted by molar-refractivity contribution is 0.0165. The number of halogens is 1. The van der Waals surface area contributed by atoms with Gasteiger partial charge in [-0.3, -0.25) is 13.8 Å². The second-order valence-electron chi connectivity index (χ2n) is 12.1. The van der Waals surface area contributed by atoms with Crippen molar-refractivity contribution in [1.82, 2.24) is 28.8 Å². The van der Waals surface area contributed by atoms with Gasteiger partial charge in [0.05, 0.1) is 54.4 Å². The van der Waals surface area contributed by atoms with Gasteiger partial charge in [0.1, 0.15) is 5.60 Å². The average Bonchev–Trinajstić information content (AvgIpc) is 3.39. The van der Waals surface area contributed by atoms with Crippen molar-refractivity contribution in [3.8, 4) is 23.2 Å². The highest BCUT2D eigenvalue weighted by Gasteiger charge is 2.27. The van der Waals surface area contributed by atoms with E-state index >= 15 is 0 Å². The van der Waals surface area contributed by atoms with E-state index in [0.29, 0.717) is 53.8 Å². The first-order chi connectivity index (χ1) is 21.6. The molecule has 1 aliphatic heterocycles. The van der Waals surface area contributed by atoms with E-state index in [0.717, 1.165) is 30.2 Å². The van der Waals surface area contributed by atoms with Crippen LogP contribution in [0, 0.1) is 23.1 Å². The molecule has 0 bridgehead atoms. The van der Waals surface area contributed by atoms with Gasteiger partial charge in [0, 0.05) is 18.7 Å². The molecule has 5 aromatic rings. The summed E-state index contributed by atoms with van der Waals surface area (Å²) in [5.74, 6) is 0.670.